The number of piperidine rings is 1. The second-order valence-corrected chi connectivity index (χ2v) is 4.48. The van der Waals surface area contributed by atoms with Crippen molar-refractivity contribution in [2.75, 3.05) is 13.1 Å². The zero-order valence-electron chi connectivity index (χ0n) is 7.25. The van der Waals surface area contributed by atoms with Gasteiger partial charge in [-0.1, -0.05) is 6.42 Å². The summed E-state index contributed by atoms with van der Waals surface area (Å²) in [6.45, 7) is 0.435. The first-order chi connectivity index (χ1) is 6.33. The molecule has 0 aromatic rings. The van der Waals surface area contributed by atoms with Gasteiger partial charge in [-0.15, -0.1) is 0 Å². The number of alkyl halides is 3. The van der Waals surface area contributed by atoms with Gasteiger partial charge in [0.2, 0.25) is 0 Å². The molecule has 1 saturated heterocycles. The van der Waals surface area contributed by atoms with Gasteiger partial charge in [0.1, 0.15) is 0 Å². The average Bonchev–Trinajstić information content (AvgIpc) is 2.03. The van der Waals surface area contributed by atoms with Crippen LogP contribution in [-0.2, 0) is 14.4 Å². The summed E-state index contributed by atoms with van der Waals surface area (Å²) in [6.07, 6.45) is 2.17. The molecular weight excluding hydrogens is 223 g/mol. The van der Waals surface area contributed by atoms with Crippen molar-refractivity contribution < 1.29 is 25.9 Å². The molecule has 0 saturated carbocycles. The summed E-state index contributed by atoms with van der Waals surface area (Å²) < 4.78 is 60.5. The molecule has 0 radical (unpaired) electrons. The summed E-state index contributed by atoms with van der Waals surface area (Å²) in [5, 5.41) is 0.840. The van der Waals surface area contributed by atoms with Crippen LogP contribution in [0.15, 0.2) is 0 Å². The van der Waals surface area contributed by atoms with Gasteiger partial charge in [0.25, 0.3) is 0 Å². The van der Waals surface area contributed by atoms with E-state index < -0.39 is 15.6 Å². The standard InChI is InChI=1S/C6H10F3NO3S/c7-6(8,9)14(11,12)13-10-4-2-1-3-5-10/h1-5H2. The molecular formula is C6H10F3NO3S. The van der Waals surface area contributed by atoms with Crippen molar-refractivity contribution >= 4 is 10.1 Å². The Hall–Kier alpha value is -0.340. The minimum Gasteiger partial charge on any atom is -0.188 e. The summed E-state index contributed by atoms with van der Waals surface area (Å²) in [5.74, 6) is 0. The fourth-order valence-corrected chi connectivity index (χ4v) is 1.63. The fourth-order valence-electron chi connectivity index (χ4n) is 1.12. The molecule has 0 aromatic carbocycles. The summed E-state index contributed by atoms with van der Waals surface area (Å²) >= 11 is 0. The van der Waals surface area contributed by atoms with Crippen LogP contribution in [0.25, 0.3) is 0 Å². The van der Waals surface area contributed by atoms with Gasteiger partial charge < -0.3 is 0 Å². The lowest BCUT2D eigenvalue weighted by Gasteiger charge is -2.24. The van der Waals surface area contributed by atoms with Crippen molar-refractivity contribution in [1.29, 1.82) is 0 Å². The molecule has 0 N–H and O–H groups in total. The number of hydrogen-bond donors (Lipinski definition) is 0. The van der Waals surface area contributed by atoms with Gasteiger partial charge in [0.05, 0.1) is 0 Å². The van der Waals surface area contributed by atoms with E-state index in [1.807, 2.05) is 0 Å². The van der Waals surface area contributed by atoms with E-state index in [2.05, 4.69) is 4.28 Å². The predicted octanol–water partition coefficient (Wildman–Crippen LogP) is 1.25. The lowest BCUT2D eigenvalue weighted by atomic mass is 10.2. The minimum atomic E-state index is -5.47. The molecule has 0 amide bonds. The molecule has 1 aliphatic heterocycles. The Bertz CT molecular complexity index is 281. The average molecular weight is 233 g/mol. The van der Waals surface area contributed by atoms with Crippen LogP contribution in [0.2, 0.25) is 0 Å². The molecule has 0 unspecified atom stereocenters. The molecule has 0 atom stereocenters. The molecule has 4 nitrogen and oxygen atoms in total. The van der Waals surface area contributed by atoms with E-state index in [4.69, 9.17) is 0 Å². The second kappa shape index (κ2) is 4.03. The van der Waals surface area contributed by atoms with Crippen LogP contribution in [0.1, 0.15) is 19.3 Å². The highest BCUT2D eigenvalue weighted by atomic mass is 32.2. The van der Waals surface area contributed by atoms with Gasteiger partial charge in [-0.25, -0.2) is 0 Å². The van der Waals surface area contributed by atoms with Gasteiger partial charge >= 0.3 is 15.6 Å². The summed E-state index contributed by atoms with van der Waals surface area (Å²) in [7, 11) is -5.47. The van der Waals surface area contributed by atoms with Crippen LogP contribution in [0, 0.1) is 0 Å². The van der Waals surface area contributed by atoms with Gasteiger partial charge in [-0.2, -0.15) is 30.9 Å². The van der Waals surface area contributed by atoms with E-state index in [0.717, 1.165) is 11.5 Å². The molecule has 0 aromatic heterocycles. The first-order valence-electron chi connectivity index (χ1n) is 4.09. The van der Waals surface area contributed by atoms with Crippen molar-refractivity contribution in [2.45, 2.75) is 24.8 Å². The summed E-state index contributed by atoms with van der Waals surface area (Å²) in [6, 6.07) is 0. The van der Waals surface area contributed by atoms with E-state index in [0.29, 0.717) is 12.8 Å². The van der Waals surface area contributed by atoms with Gasteiger partial charge in [-0.05, 0) is 12.8 Å². The van der Waals surface area contributed by atoms with Crippen LogP contribution in [0.3, 0.4) is 0 Å². The Morgan fingerprint density at radius 2 is 1.57 bits per heavy atom. The maximum absolute atomic E-state index is 11.8. The van der Waals surface area contributed by atoms with Crippen LogP contribution in [0.5, 0.6) is 0 Å². The van der Waals surface area contributed by atoms with E-state index in [9.17, 15) is 21.6 Å². The molecule has 84 valence electrons. The Morgan fingerprint density at radius 3 is 2.00 bits per heavy atom. The van der Waals surface area contributed by atoms with E-state index in [1.165, 1.54) is 0 Å². The maximum Gasteiger partial charge on any atom is 0.524 e. The van der Waals surface area contributed by atoms with Gasteiger partial charge in [0.15, 0.2) is 0 Å². The van der Waals surface area contributed by atoms with Gasteiger partial charge in [-0.3, -0.25) is 0 Å². The maximum atomic E-state index is 11.8. The topological polar surface area (TPSA) is 46.6 Å². The van der Waals surface area contributed by atoms with Crippen molar-refractivity contribution in [3.8, 4) is 0 Å². The van der Waals surface area contributed by atoms with Crippen LogP contribution in [0.4, 0.5) is 13.2 Å². The van der Waals surface area contributed by atoms with Gasteiger partial charge in [0, 0.05) is 13.1 Å². The molecule has 8 heteroatoms. The number of rotatable bonds is 2. The molecule has 1 fully saturated rings. The second-order valence-electron chi connectivity index (χ2n) is 2.96. The normalized spacial score (nSPS) is 21.1. The Morgan fingerprint density at radius 1 is 1.07 bits per heavy atom. The molecule has 1 aliphatic rings. The minimum absolute atomic E-state index is 0.218. The third-order valence-corrected chi connectivity index (χ3v) is 2.78. The highest BCUT2D eigenvalue weighted by molar-refractivity contribution is 7.87. The number of nitrogens with zero attached hydrogens (tertiary/aromatic N) is 1. The van der Waals surface area contributed by atoms with Crippen molar-refractivity contribution in [1.82, 2.24) is 5.06 Å². The Balaban J connectivity index is 2.58. The molecule has 0 spiro atoms. The molecule has 0 aliphatic carbocycles. The molecule has 0 bridgehead atoms. The lowest BCUT2D eigenvalue weighted by molar-refractivity contribution is -0.108. The largest absolute Gasteiger partial charge is 0.524 e. The summed E-state index contributed by atoms with van der Waals surface area (Å²) in [4.78, 5) is 0. The SMILES string of the molecule is O=S(=O)(ON1CCCCC1)C(F)(F)F. The third-order valence-electron chi connectivity index (χ3n) is 1.80. The molecule has 1 heterocycles. The predicted molar refractivity (Wildman–Crippen MR) is 41.5 cm³/mol. The molecule has 14 heavy (non-hydrogen) atoms. The first-order valence-corrected chi connectivity index (χ1v) is 5.49. The monoisotopic (exact) mass is 233 g/mol. The highest BCUT2D eigenvalue weighted by Gasteiger charge is 2.48. The number of hydroxylamine groups is 2. The summed E-state index contributed by atoms with van der Waals surface area (Å²) in [5.41, 5.74) is -5.34. The van der Waals surface area contributed by atoms with Crippen molar-refractivity contribution in [3.63, 3.8) is 0 Å². The van der Waals surface area contributed by atoms with E-state index >= 15 is 0 Å². The fraction of sp³-hybridized carbons (Fsp3) is 1.00. The lowest BCUT2D eigenvalue weighted by Crippen LogP contribution is -2.37. The molecule has 1 rings (SSSR count). The van der Waals surface area contributed by atoms with Crippen LogP contribution < -0.4 is 0 Å². The Kier molecular flexibility index (Phi) is 3.38. The quantitative estimate of drug-likeness (QED) is 0.673. The number of halogens is 3. The zero-order valence-corrected chi connectivity index (χ0v) is 8.07. The zero-order chi connectivity index (χ0) is 10.8. The van der Waals surface area contributed by atoms with Crippen molar-refractivity contribution in [2.24, 2.45) is 0 Å². The smallest absolute Gasteiger partial charge is 0.188 e. The Labute approximate surface area is 79.7 Å². The number of hydrogen-bond acceptors (Lipinski definition) is 4. The van der Waals surface area contributed by atoms with E-state index in [1.54, 1.807) is 0 Å². The highest BCUT2D eigenvalue weighted by Crippen LogP contribution is 2.26. The first kappa shape index (κ1) is 11.7. The third kappa shape index (κ3) is 2.82. The van der Waals surface area contributed by atoms with Crippen LogP contribution >= 0.6 is 0 Å². The van der Waals surface area contributed by atoms with Crippen LogP contribution in [-0.4, -0.2) is 32.1 Å². The van der Waals surface area contributed by atoms with E-state index in [-0.39, 0.29) is 13.1 Å². The van der Waals surface area contributed by atoms with Crippen molar-refractivity contribution in [3.05, 3.63) is 0 Å².